The van der Waals surface area contributed by atoms with Crippen molar-refractivity contribution < 1.29 is 34.4 Å². The summed E-state index contributed by atoms with van der Waals surface area (Å²) in [6, 6.07) is 24.4. The molecule has 50 heavy (non-hydrogen) atoms. The number of benzene rings is 2. The monoisotopic (exact) mass is 866 g/mol. The van der Waals surface area contributed by atoms with Gasteiger partial charge in [-0.2, -0.15) is 0 Å². The van der Waals surface area contributed by atoms with Crippen LogP contribution in [0.4, 0.5) is 0 Å². The van der Waals surface area contributed by atoms with E-state index in [0.717, 1.165) is 70.3 Å². The molecule has 0 saturated heterocycles. The van der Waals surface area contributed by atoms with E-state index in [1.54, 1.807) is 17.5 Å². The number of hydrogen-bond donors (Lipinski definition) is 1. The Morgan fingerprint density at radius 3 is 2.22 bits per heavy atom. The number of allylic oxidation sites excluding steroid dienone is 2. The van der Waals surface area contributed by atoms with Gasteiger partial charge in [-0.1, -0.05) is 91.5 Å². The van der Waals surface area contributed by atoms with Gasteiger partial charge in [-0.3, -0.25) is 9.78 Å². The van der Waals surface area contributed by atoms with E-state index in [2.05, 4.69) is 74.7 Å². The van der Waals surface area contributed by atoms with Crippen LogP contribution in [0.5, 0.6) is 0 Å². The molecule has 0 aliphatic carbocycles. The van der Waals surface area contributed by atoms with Crippen molar-refractivity contribution in [3.63, 3.8) is 0 Å². The first kappa shape index (κ1) is 39.2. The number of aliphatic hydroxyl groups is 1. The fraction of sp³-hybridized carbons (Fsp3) is 0.372. The maximum Gasteiger partial charge on any atom is 0.164 e. The minimum atomic E-state index is -0.337. The number of carbonyl (C=O) groups is 1. The third-order valence-corrected chi connectivity index (χ3v) is 11.3. The Hall–Kier alpha value is -3.64. The van der Waals surface area contributed by atoms with E-state index >= 15 is 0 Å². The van der Waals surface area contributed by atoms with E-state index in [-0.39, 0.29) is 47.9 Å². The first-order chi connectivity index (χ1) is 23.3. The van der Waals surface area contributed by atoms with Crippen molar-refractivity contribution in [3.8, 4) is 22.7 Å². The number of carbonyl (C=O) groups excluding carboxylic acids is 1. The molecule has 265 valence electrons. The molecule has 0 atom stereocenters. The SMILES string of the molecule is CC(C)(C)c1cc(-c2nccc3oc(-c4ccc5sccc5n4)cc23)[c-]c2ccccc12.CCC(C)(CC)C(=O)/C=C(\O)C(C)(CC)CC.[Ir]. The second kappa shape index (κ2) is 15.7. The molecular formula is C43H49IrN2O3S-. The molecule has 0 saturated carbocycles. The summed E-state index contributed by atoms with van der Waals surface area (Å²) < 4.78 is 7.39. The molecule has 0 fully saturated rings. The van der Waals surface area contributed by atoms with Crippen molar-refractivity contribution in [2.75, 3.05) is 0 Å². The summed E-state index contributed by atoms with van der Waals surface area (Å²) >= 11 is 1.69. The Morgan fingerprint density at radius 2 is 1.56 bits per heavy atom. The molecule has 1 N–H and O–H groups in total. The summed E-state index contributed by atoms with van der Waals surface area (Å²) in [4.78, 5) is 21.7. The van der Waals surface area contributed by atoms with Gasteiger partial charge in [-0.05, 0) is 66.8 Å². The molecule has 0 bridgehead atoms. The van der Waals surface area contributed by atoms with Crippen molar-refractivity contribution in [1.29, 1.82) is 0 Å². The average Bonchev–Trinajstić information content (AvgIpc) is 3.77. The van der Waals surface area contributed by atoms with Crippen LogP contribution in [0.1, 0.15) is 93.6 Å². The Bertz CT molecular complexity index is 2130. The minimum Gasteiger partial charge on any atom is -0.512 e. The van der Waals surface area contributed by atoms with Crippen LogP contribution in [0.15, 0.2) is 88.5 Å². The number of hydrogen-bond acceptors (Lipinski definition) is 6. The van der Waals surface area contributed by atoms with Gasteiger partial charge in [0.2, 0.25) is 0 Å². The third kappa shape index (κ3) is 7.96. The summed E-state index contributed by atoms with van der Waals surface area (Å²) in [6.07, 6.45) is 6.56. The smallest absolute Gasteiger partial charge is 0.164 e. The van der Waals surface area contributed by atoms with E-state index in [1.165, 1.54) is 21.7 Å². The van der Waals surface area contributed by atoms with E-state index in [4.69, 9.17) is 14.4 Å². The number of ketones is 1. The van der Waals surface area contributed by atoms with Gasteiger partial charge in [0.15, 0.2) is 11.5 Å². The molecule has 4 aromatic heterocycles. The van der Waals surface area contributed by atoms with Crippen molar-refractivity contribution >= 4 is 49.1 Å². The molecule has 0 aliphatic heterocycles. The van der Waals surface area contributed by atoms with Crippen LogP contribution in [-0.2, 0) is 30.3 Å². The largest absolute Gasteiger partial charge is 0.512 e. The Kier molecular flexibility index (Phi) is 12.3. The summed E-state index contributed by atoms with van der Waals surface area (Å²) in [5, 5.41) is 15.5. The maximum absolute atomic E-state index is 12.2. The number of nitrogens with zero attached hydrogens (tertiary/aromatic N) is 2. The molecule has 0 unspecified atom stereocenters. The van der Waals surface area contributed by atoms with Crippen molar-refractivity contribution in [1.82, 2.24) is 9.97 Å². The Morgan fingerprint density at radius 1 is 0.880 bits per heavy atom. The fourth-order valence-corrected chi connectivity index (χ4v) is 6.68. The molecule has 5 nitrogen and oxygen atoms in total. The van der Waals surface area contributed by atoms with Crippen LogP contribution >= 0.6 is 11.3 Å². The summed E-state index contributed by atoms with van der Waals surface area (Å²) in [7, 11) is 0. The zero-order chi connectivity index (χ0) is 35.6. The predicted octanol–water partition coefficient (Wildman–Crippen LogP) is 12.7. The van der Waals surface area contributed by atoms with Gasteiger partial charge in [0.1, 0.15) is 17.0 Å². The normalized spacial score (nSPS) is 12.5. The molecule has 0 amide bonds. The number of fused-ring (bicyclic) bond motifs is 3. The van der Waals surface area contributed by atoms with Crippen LogP contribution in [0.25, 0.3) is 54.7 Å². The van der Waals surface area contributed by atoms with Gasteiger partial charge in [0.25, 0.3) is 0 Å². The number of rotatable bonds is 9. The second-order valence-corrected chi connectivity index (χ2v) is 15.5. The number of furan rings is 1. The topological polar surface area (TPSA) is 76.2 Å². The van der Waals surface area contributed by atoms with Crippen LogP contribution in [0, 0.1) is 16.9 Å². The van der Waals surface area contributed by atoms with Crippen LogP contribution in [-0.4, -0.2) is 20.9 Å². The van der Waals surface area contributed by atoms with Crippen LogP contribution in [0.3, 0.4) is 0 Å². The molecule has 0 aliphatic rings. The van der Waals surface area contributed by atoms with Crippen molar-refractivity contribution in [2.24, 2.45) is 10.8 Å². The van der Waals surface area contributed by atoms with Gasteiger partial charge in [0, 0.05) is 54.3 Å². The molecule has 7 heteroatoms. The maximum atomic E-state index is 12.2. The van der Waals surface area contributed by atoms with E-state index < -0.39 is 0 Å². The molecule has 6 rings (SSSR count). The van der Waals surface area contributed by atoms with Gasteiger partial charge in [0.05, 0.1) is 10.2 Å². The van der Waals surface area contributed by atoms with Gasteiger partial charge >= 0.3 is 0 Å². The second-order valence-electron chi connectivity index (χ2n) is 14.5. The molecule has 2 aromatic carbocycles. The first-order valence-electron chi connectivity index (χ1n) is 17.4. The van der Waals surface area contributed by atoms with E-state index in [9.17, 15) is 9.90 Å². The quantitative estimate of drug-likeness (QED) is 0.0890. The number of pyridine rings is 2. The summed E-state index contributed by atoms with van der Waals surface area (Å²) in [5.41, 5.74) is 5.16. The molecule has 6 aromatic rings. The molecular weight excluding hydrogens is 817 g/mol. The summed E-state index contributed by atoms with van der Waals surface area (Å²) in [6.45, 7) is 18.8. The van der Waals surface area contributed by atoms with Gasteiger partial charge in [-0.15, -0.1) is 40.5 Å². The van der Waals surface area contributed by atoms with Gasteiger partial charge in [-0.25, -0.2) is 4.98 Å². The molecule has 4 heterocycles. The van der Waals surface area contributed by atoms with E-state index in [0.29, 0.717) is 0 Å². The summed E-state index contributed by atoms with van der Waals surface area (Å²) in [5.74, 6) is 1.04. The first-order valence-corrected chi connectivity index (χ1v) is 18.3. The molecule has 0 spiro atoms. The van der Waals surface area contributed by atoms with Crippen molar-refractivity contribution in [3.05, 3.63) is 95.7 Å². The Balaban J connectivity index is 0.000000269. The van der Waals surface area contributed by atoms with Crippen molar-refractivity contribution in [2.45, 2.75) is 93.4 Å². The van der Waals surface area contributed by atoms with Crippen LogP contribution in [0.2, 0.25) is 0 Å². The van der Waals surface area contributed by atoms with Crippen LogP contribution < -0.4 is 0 Å². The number of thiophene rings is 1. The average molecular weight is 866 g/mol. The zero-order valence-electron chi connectivity index (χ0n) is 30.7. The van der Waals surface area contributed by atoms with Gasteiger partial charge < -0.3 is 9.52 Å². The predicted molar refractivity (Wildman–Crippen MR) is 206 cm³/mol. The zero-order valence-corrected chi connectivity index (χ0v) is 33.9. The third-order valence-electron chi connectivity index (χ3n) is 10.4. The standard InChI is InChI=1S/C28H21N2OS.C15H28O2.Ir/c1-28(2,3)21-15-18(14-17-6-4-5-7-19(17)21)27-20-16-25(31-24(20)10-12-29-27)22-8-9-26-23(30-22)11-13-32-26;1-7-14(5,8-2)12(16)11-13(17)15(6,9-3)10-4;/h4-13,15-16H,1-3H3;11,16H,7-10H2,1-6H3;/q-1;;/b;12-11-;. The Labute approximate surface area is 314 Å². The number of aromatic nitrogens is 2. The number of aliphatic hydroxyl groups excluding tert-OH is 1. The minimum absolute atomic E-state index is 0. The van der Waals surface area contributed by atoms with E-state index in [1.807, 2.05) is 59.7 Å². The fourth-order valence-electron chi connectivity index (χ4n) is 5.96. The molecule has 1 radical (unpaired) electrons.